The van der Waals surface area contributed by atoms with Gasteiger partial charge in [0.15, 0.2) is 0 Å². The fourth-order valence-corrected chi connectivity index (χ4v) is 3.43. The Morgan fingerprint density at radius 1 is 0.833 bits per heavy atom. The van der Waals surface area contributed by atoms with E-state index >= 15 is 0 Å². The Balaban J connectivity index is 1.12. The molecule has 0 aliphatic carbocycles. The second kappa shape index (κ2) is 6.53. The van der Waals surface area contributed by atoms with Crippen molar-refractivity contribution in [2.45, 2.75) is 25.9 Å². The Morgan fingerprint density at radius 2 is 1.25 bits per heavy atom. The van der Waals surface area contributed by atoms with Crippen molar-refractivity contribution >= 4 is 0 Å². The molecule has 6 nitrogen and oxygen atoms in total. The van der Waals surface area contributed by atoms with Gasteiger partial charge >= 0.3 is 0 Å². The first kappa shape index (κ1) is 15.6. The van der Waals surface area contributed by atoms with Crippen LogP contribution in [0.3, 0.4) is 0 Å². The van der Waals surface area contributed by atoms with Gasteiger partial charge in [-0.3, -0.25) is 19.2 Å². The van der Waals surface area contributed by atoms with Gasteiger partial charge in [-0.2, -0.15) is 10.2 Å². The third kappa shape index (κ3) is 3.30. The van der Waals surface area contributed by atoms with Gasteiger partial charge < -0.3 is 0 Å². The zero-order valence-corrected chi connectivity index (χ0v) is 14.5. The minimum atomic E-state index is 0.556. The van der Waals surface area contributed by atoms with Gasteiger partial charge in [-0.25, -0.2) is 0 Å². The lowest BCUT2D eigenvalue weighted by atomic mass is 10.1. The summed E-state index contributed by atoms with van der Waals surface area (Å²) in [5.74, 6) is 0. The Bertz CT molecular complexity index is 642. The van der Waals surface area contributed by atoms with Gasteiger partial charge in [-0.1, -0.05) is 12.2 Å². The van der Waals surface area contributed by atoms with Gasteiger partial charge in [0.05, 0.1) is 24.5 Å². The maximum absolute atomic E-state index is 4.40. The largest absolute Gasteiger partial charge is 0.295 e. The fraction of sp³-hybridized carbons (Fsp3) is 0.556. The van der Waals surface area contributed by atoms with Crippen LogP contribution in [-0.2, 0) is 0 Å². The second-order valence-electron chi connectivity index (χ2n) is 7.21. The van der Waals surface area contributed by atoms with Gasteiger partial charge in [-0.15, -0.1) is 0 Å². The average Bonchev–Trinajstić information content (AvgIpc) is 3.07. The molecule has 2 saturated heterocycles. The Kier molecular flexibility index (Phi) is 4.24. The van der Waals surface area contributed by atoms with Crippen LogP contribution in [0.5, 0.6) is 0 Å². The van der Waals surface area contributed by atoms with E-state index in [1.807, 2.05) is 12.4 Å². The highest BCUT2D eigenvalue weighted by atomic mass is 15.4. The summed E-state index contributed by atoms with van der Waals surface area (Å²) in [5.41, 5.74) is 2.48. The number of hydrogen-bond acceptors (Lipinski definition) is 4. The molecule has 0 bridgehead atoms. The molecule has 2 fully saturated rings. The van der Waals surface area contributed by atoms with Crippen LogP contribution >= 0.6 is 0 Å². The maximum Gasteiger partial charge on any atom is 0.0773 e. The lowest BCUT2D eigenvalue weighted by Gasteiger charge is -2.39. The molecule has 0 aromatic carbocycles. The molecule has 0 radical (unpaired) electrons. The van der Waals surface area contributed by atoms with E-state index in [4.69, 9.17) is 0 Å². The van der Waals surface area contributed by atoms with Crippen molar-refractivity contribution < 1.29 is 0 Å². The SMILES string of the molecule is Cc1cnn(C2CN(C/C=C\CN3CC(n4cc(C)cn4)C3)C2)c1. The molecule has 2 aromatic heterocycles. The van der Waals surface area contributed by atoms with Crippen molar-refractivity contribution in [3.05, 3.63) is 48.1 Å². The van der Waals surface area contributed by atoms with Crippen LogP contribution in [0.25, 0.3) is 0 Å². The summed E-state index contributed by atoms with van der Waals surface area (Å²) in [5, 5.41) is 8.80. The Morgan fingerprint density at radius 3 is 1.58 bits per heavy atom. The molecule has 128 valence electrons. The molecular weight excluding hydrogens is 300 g/mol. The highest BCUT2D eigenvalue weighted by molar-refractivity contribution is 5.04. The van der Waals surface area contributed by atoms with Gasteiger partial charge in [0.1, 0.15) is 0 Å². The highest BCUT2D eigenvalue weighted by Crippen LogP contribution is 2.21. The van der Waals surface area contributed by atoms with E-state index in [0.717, 1.165) is 39.3 Å². The number of likely N-dealkylation sites (tertiary alicyclic amines) is 2. The molecule has 4 rings (SSSR count). The minimum absolute atomic E-state index is 0.556. The number of aromatic nitrogens is 4. The molecule has 0 amide bonds. The second-order valence-corrected chi connectivity index (χ2v) is 7.21. The van der Waals surface area contributed by atoms with Gasteiger partial charge in [0, 0.05) is 51.7 Å². The van der Waals surface area contributed by atoms with Crippen LogP contribution < -0.4 is 0 Å². The third-order valence-electron chi connectivity index (χ3n) is 4.98. The Labute approximate surface area is 143 Å². The number of aryl methyl sites for hydroxylation is 2. The van der Waals surface area contributed by atoms with Crippen LogP contribution in [0.4, 0.5) is 0 Å². The van der Waals surface area contributed by atoms with E-state index in [0.29, 0.717) is 12.1 Å². The topological polar surface area (TPSA) is 42.1 Å². The molecule has 6 heteroatoms. The summed E-state index contributed by atoms with van der Waals surface area (Å²) in [4.78, 5) is 4.92. The van der Waals surface area contributed by atoms with Gasteiger partial charge in [-0.05, 0) is 25.0 Å². The van der Waals surface area contributed by atoms with Crippen LogP contribution in [-0.4, -0.2) is 68.6 Å². The number of rotatable bonds is 6. The van der Waals surface area contributed by atoms with Crippen LogP contribution in [0.2, 0.25) is 0 Å². The maximum atomic E-state index is 4.40. The summed E-state index contributed by atoms with van der Waals surface area (Å²) >= 11 is 0. The summed E-state index contributed by atoms with van der Waals surface area (Å²) in [6.07, 6.45) is 12.8. The van der Waals surface area contributed by atoms with Crippen molar-refractivity contribution in [2.75, 3.05) is 39.3 Å². The molecule has 0 saturated carbocycles. The van der Waals surface area contributed by atoms with E-state index in [-0.39, 0.29) is 0 Å². The summed E-state index contributed by atoms with van der Waals surface area (Å²) in [7, 11) is 0. The predicted octanol–water partition coefficient (Wildman–Crippen LogP) is 1.67. The first-order chi connectivity index (χ1) is 11.7. The fourth-order valence-electron chi connectivity index (χ4n) is 3.43. The lowest BCUT2D eigenvalue weighted by Crippen LogP contribution is -2.48. The first-order valence-electron chi connectivity index (χ1n) is 8.78. The summed E-state index contributed by atoms with van der Waals surface area (Å²) in [6, 6.07) is 1.11. The van der Waals surface area contributed by atoms with E-state index in [1.165, 1.54) is 11.1 Å². The summed E-state index contributed by atoms with van der Waals surface area (Å²) in [6.45, 7) is 10.7. The first-order valence-corrected chi connectivity index (χ1v) is 8.78. The zero-order valence-electron chi connectivity index (χ0n) is 14.5. The molecular formula is C18H26N6. The molecule has 0 spiro atoms. The van der Waals surface area contributed by atoms with Crippen LogP contribution in [0.15, 0.2) is 36.9 Å². The van der Waals surface area contributed by atoms with Crippen molar-refractivity contribution in [2.24, 2.45) is 0 Å². The van der Waals surface area contributed by atoms with Crippen LogP contribution in [0, 0.1) is 13.8 Å². The third-order valence-corrected chi connectivity index (χ3v) is 4.98. The number of nitrogens with zero attached hydrogens (tertiary/aromatic N) is 6. The molecule has 0 N–H and O–H groups in total. The van der Waals surface area contributed by atoms with Crippen molar-refractivity contribution in [1.82, 2.24) is 29.4 Å². The van der Waals surface area contributed by atoms with E-state index < -0.39 is 0 Å². The molecule has 2 aliphatic rings. The van der Waals surface area contributed by atoms with Gasteiger partial charge in [0.25, 0.3) is 0 Å². The molecule has 4 heterocycles. The van der Waals surface area contributed by atoms with Crippen LogP contribution in [0.1, 0.15) is 23.2 Å². The number of hydrogen-bond donors (Lipinski definition) is 0. The standard InChI is InChI=1S/C18H26N6/c1-15-7-19-23(9-15)17-11-21(12-17)5-3-4-6-22-13-18(14-22)24-10-16(2)8-20-24/h3-4,7-10,17-18H,5-6,11-14H2,1-2H3/b4-3-. The summed E-state index contributed by atoms with van der Waals surface area (Å²) < 4.78 is 4.21. The lowest BCUT2D eigenvalue weighted by molar-refractivity contribution is 0.109. The molecule has 0 atom stereocenters. The normalized spacial score (nSPS) is 20.6. The molecule has 2 aliphatic heterocycles. The average molecular weight is 326 g/mol. The van der Waals surface area contributed by atoms with Crippen molar-refractivity contribution in [3.63, 3.8) is 0 Å². The predicted molar refractivity (Wildman–Crippen MR) is 94.0 cm³/mol. The molecule has 24 heavy (non-hydrogen) atoms. The van der Waals surface area contributed by atoms with Crippen molar-refractivity contribution in [3.8, 4) is 0 Å². The quantitative estimate of drug-likeness (QED) is 0.757. The zero-order chi connectivity index (χ0) is 16.5. The van der Waals surface area contributed by atoms with E-state index in [9.17, 15) is 0 Å². The minimum Gasteiger partial charge on any atom is -0.295 e. The molecule has 2 aromatic rings. The monoisotopic (exact) mass is 326 g/mol. The smallest absolute Gasteiger partial charge is 0.0773 e. The molecule has 0 unspecified atom stereocenters. The highest BCUT2D eigenvalue weighted by Gasteiger charge is 2.28. The van der Waals surface area contributed by atoms with E-state index in [2.05, 4.69) is 67.8 Å². The van der Waals surface area contributed by atoms with E-state index in [1.54, 1.807) is 0 Å². The Hall–Kier alpha value is -1.92. The van der Waals surface area contributed by atoms with Crippen molar-refractivity contribution in [1.29, 1.82) is 0 Å². The van der Waals surface area contributed by atoms with Gasteiger partial charge in [0.2, 0.25) is 0 Å².